The van der Waals surface area contributed by atoms with E-state index in [-0.39, 0.29) is 18.1 Å². The molecule has 0 saturated carbocycles. The van der Waals surface area contributed by atoms with Gasteiger partial charge in [0.25, 0.3) is 0 Å². The molecule has 0 saturated heterocycles. The van der Waals surface area contributed by atoms with Crippen molar-refractivity contribution in [2.75, 3.05) is 16.0 Å². The smallest absolute Gasteiger partial charge is 0.406 e. The van der Waals surface area contributed by atoms with Gasteiger partial charge in [-0.05, 0) is 54.4 Å². The molecule has 9 heteroatoms. The number of para-hydroxylation sites is 1. The molecular formula is C23H20F3N3O3. The number of hydrogen-bond donors (Lipinski definition) is 3. The van der Waals surface area contributed by atoms with Crippen LogP contribution in [0.4, 0.5) is 35.0 Å². The highest BCUT2D eigenvalue weighted by atomic mass is 19.4. The second-order valence-corrected chi connectivity index (χ2v) is 6.89. The predicted octanol–water partition coefficient (Wildman–Crippen LogP) is 5.72. The summed E-state index contributed by atoms with van der Waals surface area (Å²) in [5.41, 5.74) is 2.92. The lowest BCUT2D eigenvalue weighted by atomic mass is 10.1. The van der Waals surface area contributed by atoms with E-state index in [1.165, 1.54) is 12.1 Å². The van der Waals surface area contributed by atoms with Gasteiger partial charge in [-0.3, -0.25) is 4.79 Å². The maximum atomic E-state index is 12.4. The van der Waals surface area contributed by atoms with E-state index in [4.69, 9.17) is 0 Å². The largest absolute Gasteiger partial charge is 0.573 e. The zero-order chi connectivity index (χ0) is 23.1. The van der Waals surface area contributed by atoms with Crippen LogP contribution in [0, 0.1) is 6.92 Å². The normalized spacial score (nSPS) is 10.9. The molecule has 166 valence electrons. The van der Waals surface area contributed by atoms with Crippen molar-refractivity contribution in [2.45, 2.75) is 19.7 Å². The highest BCUT2D eigenvalue weighted by Gasteiger charge is 2.30. The molecule has 0 unspecified atom stereocenters. The number of carbonyl (C=O) groups excluding carboxylic acids is 2. The molecule has 0 fully saturated rings. The van der Waals surface area contributed by atoms with Gasteiger partial charge in [-0.1, -0.05) is 36.4 Å². The standard InChI is InChI=1S/C23H20F3N3O3/c1-15-7-10-18(28-22(31)27-17-5-3-2-4-6-17)14-20(15)29-21(30)13-16-8-11-19(12-9-16)32-23(24,25)26/h2-12,14H,13H2,1H3,(H,29,30)(H2,27,28,31). The van der Waals surface area contributed by atoms with E-state index in [0.29, 0.717) is 22.6 Å². The van der Waals surface area contributed by atoms with Crippen LogP contribution < -0.4 is 20.7 Å². The maximum absolute atomic E-state index is 12.4. The Balaban J connectivity index is 1.59. The van der Waals surface area contributed by atoms with E-state index in [1.807, 2.05) is 6.07 Å². The molecule has 3 amide bonds. The first-order valence-corrected chi connectivity index (χ1v) is 9.56. The number of nitrogens with one attached hydrogen (secondary N) is 3. The first kappa shape index (κ1) is 22.7. The van der Waals surface area contributed by atoms with E-state index >= 15 is 0 Å². The molecule has 0 bridgehead atoms. The fourth-order valence-corrected chi connectivity index (χ4v) is 2.84. The summed E-state index contributed by atoms with van der Waals surface area (Å²) in [6.07, 6.45) is -4.81. The minimum atomic E-state index is -4.77. The maximum Gasteiger partial charge on any atom is 0.573 e. The number of anilines is 3. The number of halogens is 3. The van der Waals surface area contributed by atoms with Gasteiger partial charge in [0.15, 0.2) is 0 Å². The average molecular weight is 443 g/mol. The van der Waals surface area contributed by atoms with Crippen molar-refractivity contribution in [2.24, 2.45) is 0 Å². The molecule has 0 spiro atoms. The van der Waals surface area contributed by atoms with Gasteiger partial charge >= 0.3 is 12.4 Å². The number of ether oxygens (including phenoxy) is 1. The van der Waals surface area contributed by atoms with Crippen molar-refractivity contribution in [1.29, 1.82) is 0 Å². The van der Waals surface area contributed by atoms with Crippen LogP contribution in [-0.4, -0.2) is 18.3 Å². The zero-order valence-corrected chi connectivity index (χ0v) is 17.0. The Kier molecular flexibility index (Phi) is 6.99. The lowest BCUT2D eigenvalue weighted by Crippen LogP contribution is -2.20. The first-order valence-electron chi connectivity index (χ1n) is 9.56. The number of carbonyl (C=O) groups is 2. The van der Waals surface area contributed by atoms with Crippen LogP contribution in [0.2, 0.25) is 0 Å². The summed E-state index contributed by atoms with van der Waals surface area (Å²) >= 11 is 0. The van der Waals surface area contributed by atoms with Crippen molar-refractivity contribution in [3.05, 3.63) is 83.9 Å². The van der Waals surface area contributed by atoms with Crippen LogP contribution >= 0.6 is 0 Å². The van der Waals surface area contributed by atoms with E-state index in [9.17, 15) is 22.8 Å². The monoisotopic (exact) mass is 443 g/mol. The SMILES string of the molecule is Cc1ccc(NC(=O)Nc2ccccc2)cc1NC(=O)Cc1ccc(OC(F)(F)F)cc1. The number of benzene rings is 3. The summed E-state index contributed by atoms with van der Waals surface area (Å²) in [6.45, 7) is 1.80. The summed E-state index contributed by atoms with van der Waals surface area (Å²) in [4.78, 5) is 24.6. The van der Waals surface area contributed by atoms with Gasteiger partial charge in [0.1, 0.15) is 5.75 Å². The molecule has 0 radical (unpaired) electrons. The van der Waals surface area contributed by atoms with Gasteiger partial charge in [0.05, 0.1) is 6.42 Å². The molecule has 3 rings (SSSR count). The third-order valence-corrected chi connectivity index (χ3v) is 4.32. The Labute approximate surface area is 182 Å². The number of amides is 3. The number of alkyl halides is 3. The summed E-state index contributed by atoms with van der Waals surface area (Å²) in [6, 6.07) is 18.7. The summed E-state index contributed by atoms with van der Waals surface area (Å²) in [5.74, 6) is -0.714. The highest BCUT2D eigenvalue weighted by molar-refractivity contribution is 6.00. The molecule has 6 nitrogen and oxygen atoms in total. The van der Waals surface area contributed by atoms with E-state index in [0.717, 1.165) is 17.7 Å². The predicted molar refractivity (Wildman–Crippen MR) is 116 cm³/mol. The molecule has 0 aliphatic heterocycles. The van der Waals surface area contributed by atoms with Crippen LogP contribution in [0.15, 0.2) is 72.8 Å². The number of urea groups is 1. The van der Waals surface area contributed by atoms with Crippen molar-refractivity contribution in [3.8, 4) is 5.75 Å². The van der Waals surface area contributed by atoms with Crippen LogP contribution in [0.5, 0.6) is 5.75 Å². The molecular weight excluding hydrogens is 423 g/mol. The van der Waals surface area contributed by atoms with Gasteiger partial charge in [0.2, 0.25) is 5.91 Å². The molecule has 3 aromatic rings. The van der Waals surface area contributed by atoms with E-state index in [1.54, 1.807) is 49.4 Å². The zero-order valence-electron chi connectivity index (χ0n) is 17.0. The quantitative estimate of drug-likeness (QED) is 0.456. The molecule has 0 aromatic heterocycles. The minimum absolute atomic E-state index is 0.0438. The Morgan fingerprint density at radius 3 is 2.16 bits per heavy atom. The van der Waals surface area contributed by atoms with E-state index in [2.05, 4.69) is 20.7 Å². The summed E-state index contributed by atoms with van der Waals surface area (Å²) in [5, 5.41) is 8.15. The van der Waals surface area contributed by atoms with Crippen LogP contribution in [0.1, 0.15) is 11.1 Å². The Morgan fingerprint density at radius 2 is 1.50 bits per heavy atom. The van der Waals surface area contributed by atoms with Gasteiger partial charge in [-0.2, -0.15) is 0 Å². The lowest BCUT2D eigenvalue weighted by Gasteiger charge is -2.13. The number of rotatable bonds is 6. The molecule has 3 N–H and O–H groups in total. The van der Waals surface area contributed by atoms with Gasteiger partial charge in [0, 0.05) is 17.1 Å². The molecule has 3 aromatic carbocycles. The first-order chi connectivity index (χ1) is 15.2. The Bertz CT molecular complexity index is 1090. The topological polar surface area (TPSA) is 79.5 Å². The Morgan fingerprint density at radius 1 is 0.844 bits per heavy atom. The van der Waals surface area contributed by atoms with E-state index < -0.39 is 12.4 Å². The number of hydrogen-bond acceptors (Lipinski definition) is 3. The van der Waals surface area contributed by atoms with Gasteiger partial charge < -0.3 is 20.7 Å². The van der Waals surface area contributed by atoms with Crippen LogP contribution in [0.25, 0.3) is 0 Å². The molecule has 0 heterocycles. The number of aryl methyl sites for hydroxylation is 1. The average Bonchev–Trinajstić information content (AvgIpc) is 2.71. The summed E-state index contributed by atoms with van der Waals surface area (Å²) in [7, 11) is 0. The van der Waals surface area contributed by atoms with Crippen molar-refractivity contribution in [1.82, 2.24) is 0 Å². The highest BCUT2D eigenvalue weighted by Crippen LogP contribution is 2.24. The molecule has 0 atom stereocenters. The fourth-order valence-electron chi connectivity index (χ4n) is 2.84. The Hall–Kier alpha value is -4.01. The van der Waals surface area contributed by atoms with Crippen molar-refractivity contribution < 1.29 is 27.5 Å². The fraction of sp³-hybridized carbons (Fsp3) is 0.130. The van der Waals surface area contributed by atoms with Gasteiger partial charge in [-0.15, -0.1) is 13.2 Å². The van der Waals surface area contributed by atoms with Crippen molar-refractivity contribution in [3.63, 3.8) is 0 Å². The molecule has 32 heavy (non-hydrogen) atoms. The van der Waals surface area contributed by atoms with Crippen LogP contribution in [0.3, 0.4) is 0 Å². The summed E-state index contributed by atoms with van der Waals surface area (Å²) < 4.78 is 40.5. The van der Waals surface area contributed by atoms with Crippen molar-refractivity contribution >= 4 is 29.0 Å². The third kappa shape index (κ3) is 7.05. The van der Waals surface area contributed by atoms with Crippen LogP contribution in [-0.2, 0) is 11.2 Å². The minimum Gasteiger partial charge on any atom is -0.406 e. The second kappa shape index (κ2) is 9.86. The van der Waals surface area contributed by atoms with Gasteiger partial charge in [-0.25, -0.2) is 4.79 Å². The molecule has 0 aliphatic carbocycles. The molecule has 0 aliphatic rings. The lowest BCUT2D eigenvalue weighted by molar-refractivity contribution is -0.274. The second-order valence-electron chi connectivity index (χ2n) is 6.89. The third-order valence-electron chi connectivity index (χ3n) is 4.32.